The Hall–Kier alpha value is -1.75. The summed E-state index contributed by atoms with van der Waals surface area (Å²) in [4.78, 5) is 24.9. The Balaban J connectivity index is 2.00. The van der Waals surface area contributed by atoms with Gasteiger partial charge in [-0.1, -0.05) is 23.7 Å². The van der Waals surface area contributed by atoms with Crippen LogP contribution in [0.15, 0.2) is 24.3 Å². The third kappa shape index (κ3) is 3.38. The molecule has 1 fully saturated rings. The van der Waals surface area contributed by atoms with E-state index in [0.717, 1.165) is 12.8 Å². The lowest BCUT2D eigenvalue weighted by Gasteiger charge is -2.31. The number of anilines is 1. The molecule has 1 saturated heterocycles. The number of nitrogens with zero attached hydrogens (tertiary/aromatic N) is 1. The number of amides is 3. The second kappa shape index (κ2) is 5.93. The number of likely N-dealkylation sites (tertiary alicyclic amines) is 1. The summed E-state index contributed by atoms with van der Waals surface area (Å²) in [6.07, 6.45) is 1.52. The van der Waals surface area contributed by atoms with Crippen molar-refractivity contribution in [2.45, 2.75) is 12.8 Å². The van der Waals surface area contributed by atoms with Crippen LogP contribution in [0.5, 0.6) is 0 Å². The largest absolute Gasteiger partial charge is 0.369 e. The third-order valence-electron chi connectivity index (χ3n) is 3.23. The quantitative estimate of drug-likeness (QED) is 0.871. The fraction of sp³-hybridized carbons (Fsp3) is 0.385. The molecule has 102 valence electrons. The van der Waals surface area contributed by atoms with Crippen LogP contribution in [-0.2, 0) is 4.79 Å². The van der Waals surface area contributed by atoms with Crippen LogP contribution in [0.2, 0.25) is 5.02 Å². The van der Waals surface area contributed by atoms with E-state index in [4.69, 9.17) is 17.3 Å². The zero-order valence-corrected chi connectivity index (χ0v) is 11.2. The van der Waals surface area contributed by atoms with Crippen LogP contribution in [-0.4, -0.2) is 29.9 Å². The average molecular weight is 282 g/mol. The number of benzene rings is 1. The highest BCUT2D eigenvalue weighted by Gasteiger charge is 2.27. The first-order valence-corrected chi connectivity index (χ1v) is 6.55. The van der Waals surface area contributed by atoms with Crippen molar-refractivity contribution in [3.63, 3.8) is 0 Å². The number of halogens is 1. The van der Waals surface area contributed by atoms with Gasteiger partial charge in [0.15, 0.2) is 0 Å². The molecule has 1 aliphatic heterocycles. The number of nitrogens with two attached hydrogens (primary N) is 1. The highest BCUT2D eigenvalue weighted by atomic mass is 35.5. The fourth-order valence-corrected chi connectivity index (χ4v) is 2.33. The zero-order valence-electron chi connectivity index (χ0n) is 10.4. The van der Waals surface area contributed by atoms with Crippen LogP contribution in [0.25, 0.3) is 0 Å². The van der Waals surface area contributed by atoms with Gasteiger partial charge in [0.25, 0.3) is 0 Å². The van der Waals surface area contributed by atoms with E-state index in [1.54, 1.807) is 29.2 Å². The number of carbonyl (C=O) groups excluding carboxylic acids is 2. The van der Waals surface area contributed by atoms with Gasteiger partial charge in [0.05, 0.1) is 16.6 Å². The number of hydrogen-bond donors (Lipinski definition) is 2. The number of rotatable bonds is 2. The van der Waals surface area contributed by atoms with E-state index in [1.807, 2.05) is 0 Å². The molecule has 1 heterocycles. The molecule has 6 heteroatoms. The summed E-state index contributed by atoms with van der Waals surface area (Å²) in [6.45, 7) is 0.992. The second-order valence-electron chi connectivity index (χ2n) is 4.60. The number of piperidine rings is 1. The van der Waals surface area contributed by atoms with Crippen LogP contribution in [0.1, 0.15) is 12.8 Å². The topological polar surface area (TPSA) is 75.4 Å². The molecule has 5 nitrogen and oxygen atoms in total. The highest BCUT2D eigenvalue weighted by molar-refractivity contribution is 6.33. The van der Waals surface area contributed by atoms with Gasteiger partial charge in [0.1, 0.15) is 0 Å². The van der Waals surface area contributed by atoms with Gasteiger partial charge in [-0.25, -0.2) is 4.79 Å². The Morgan fingerprint density at radius 1 is 1.37 bits per heavy atom. The molecule has 0 spiro atoms. The van der Waals surface area contributed by atoms with E-state index in [1.165, 1.54) is 0 Å². The fourth-order valence-electron chi connectivity index (χ4n) is 2.15. The number of carbonyl (C=O) groups is 2. The van der Waals surface area contributed by atoms with Crippen LogP contribution < -0.4 is 11.1 Å². The maximum absolute atomic E-state index is 12.1. The summed E-state index contributed by atoms with van der Waals surface area (Å²) in [5.41, 5.74) is 5.85. The third-order valence-corrected chi connectivity index (χ3v) is 3.56. The van der Waals surface area contributed by atoms with Crippen molar-refractivity contribution in [2.24, 2.45) is 11.7 Å². The Morgan fingerprint density at radius 2 is 2.11 bits per heavy atom. The molecule has 0 radical (unpaired) electrons. The first-order valence-electron chi connectivity index (χ1n) is 6.17. The number of hydrogen-bond acceptors (Lipinski definition) is 2. The molecule has 1 aromatic rings. The molecule has 0 aliphatic carbocycles. The van der Waals surface area contributed by atoms with Gasteiger partial charge in [0, 0.05) is 13.1 Å². The van der Waals surface area contributed by atoms with E-state index in [-0.39, 0.29) is 17.9 Å². The predicted molar refractivity (Wildman–Crippen MR) is 74.0 cm³/mol. The summed E-state index contributed by atoms with van der Waals surface area (Å²) in [5.74, 6) is -0.610. The van der Waals surface area contributed by atoms with E-state index in [0.29, 0.717) is 23.8 Å². The van der Waals surface area contributed by atoms with Crippen LogP contribution in [0.4, 0.5) is 10.5 Å². The Morgan fingerprint density at radius 3 is 2.79 bits per heavy atom. The molecular formula is C13H16ClN3O2. The molecule has 3 N–H and O–H groups in total. The molecule has 3 amide bonds. The molecule has 0 bridgehead atoms. The van der Waals surface area contributed by atoms with Crippen molar-refractivity contribution in [3.8, 4) is 0 Å². The van der Waals surface area contributed by atoms with Gasteiger partial charge in [0.2, 0.25) is 5.91 Å². The summed E-state index contributed by atoms with van der Waals surface area (Å²) in [5, 5.41) is 3.23. The molecule has 0 unspecified atom stereocenters. The van der Waals surface area contributed by atoms with Gasteiger partial charge in [-0.15, -0.1) is 0 Å². The lowest BCUT2D eigenvalue weighted by Crippen LogP contribution is -2.45. The van der Waals surface area contributed by atoms with Crippen molar-refractivity contribution in [1.29, 1.82) is 0 Å². The molecule has 19 heavy (non-hydrogen) atoms. The van der Waals surface area contributed by atoms with Crippen molar-refractivity contribution >= 4 is 29.2 Å². The molecular weight excluding hydrogens is 266 g/mol. The van der Waals surface area contributed by atoms with Gasteiger partial charge in [-0.05, 0) is 25.0 Å². The molecule has 0 aromatic heterocycles. The minimum atomic E-state index is -0.352. The van der Waals surface area contributed by atoms with E-state index in [2.05, 4.69) is 5.32 Å². The van der Waals surface area contributed by atoms with Crippen molar-refractivity contribution in [3.05, 3.63) is 29.3 Å². The summed E-state index contributed by atoms with van der Waals surface area (Å²) in [7, 11) is 0. The van der Waals surface area contributed by atoms with E-state index >= 15 is 0 Å². The minimum Gasteiger partial charge on any atom is -0.369 e. The van der Waals surface area contributed by atoms with E-state index in [9.17, 15) is 9.59 Å². The van der Waals surface area contributed by atoms with E-state index < -0.39 is 0 Å². The predicted octanol–water partition coefficient (Wildman–Crippen LogP) is 2.07. The average Bonchev–Trinajstić information content (AvgIpc) is 2.41. The Labute approximate surface area is 116 Å². The van der Waals surface area contributed by atoms with Crippen molar-refractivity contribution in [2.75, 3.05) is 18.4 Å². The number of primary amides is 1. The Bertz CT molecular complexity index is 493. The standard InChI is InChI=1S/C13H16ClN3O2/c14-10-5-1-2-6-11(10)16-13(19)17-7-3-4-9(8-17)12(15)18/h1-2,5-6,9H,3-4,7-8H2,(H2,15,18)(H,16,19)/t9-/m1/s1. The number of para-hydroxylation sites is 1. The summed E-state index contributed by atoms with van der Waals surface area (Å²) in [6, 6.07) is 6.78. The molecule has 1 aliphatic rings. The zero-order chi connectivity index (χ0) is 13.8. The lowest BCUT2D eigenvalue weighted by molar-refractivity contribution is -0.123. The van der Waals surface area contributed by atoms with Crippen LogP contribution >= 0.6 is 11.6 Å². The first kappa shape index (κ1) is 13.7. The number of nitrogens with one attached hydrogen (secondary N) is 1. The second-order valence-corrected chi connectivity index (χ2v) is 5.00. The lowest BCUT2D eigenvalue weighted by atomic mass is 9.98. The smallest absolute Gasteiger partial charge is 0.321 e. The van der Waals surface area contributed by atoms with Gasteiger partial charge < -0.3 is 16.0 Å². The summed E-state index contributed by atoms with van der Waals surface area (Å²) >= 11 is 5.98. The molecule has 0 saturated carbocycles. The van der Waals surface area contributed by atoms with Gasteiger partial charge in [-0.3, -0.25) is 4.79 Å². The molecule has 2 rings (SSSR count). The SMILES string of the molecule is NC(=O)[C@@H]1CCCN(C(=O)Nc2ccccc2Cl)C1. The molecule has 1 atom stereocenters. The van der Waals surface area contributed by atoms with Gasteiger partial charge >= 0.3 is 6.03 Å². The monoisotopic (exact) mass is 281 g/mol. The van der Waals surface area contributed by atoms with Crippen molar-refractivity contribution < 1.29 is 9.59 Å². The van der Waals surface area contributed by atoms with Gasteiger partial charge in [-0.2, -0.15) is 0 Å². The maximum atomic E-state index is 12.1. The number of urea groups is 1. The molecule has 1 aromatic carbocycles. The summed E-state index contributed by atoms with van der Waals surface area (Å²) < 4.78 is 0. The first-order chi connectivity index (χ1) is 9.08. The Kier molecular flexibility index (Phi) is 4.27. The normalized spacial score (nSPS) is 19.0. The highest BCUT2D eigenvalue weighted by Crippen LogP contribution is 2.22. The maximum Gasteiger partial charge on any atom is 0.321 e. The van der Waals surface area contributed by atoms with Crippen LogP contribution in [0.3, 0.4) is 0 Å². The van der Waals surface area contributed by atoms with Crippen LogP contribution in [0, 0.1) is 5.92 Å². The van der Waals surface area contributed by atoms with Crippen molar-refractivity contribution in [1.82, 2.24) is 4.90 Å². The minimum absolute atomic E-state index is 0.251.